The zero-order valence-corrected chi connectivity index (χ0v) is 13.4. The van der Waals surface area contributed by atoms with E-state index in [2.05, 4.69) is 17.1 Å². The van der Waals surface area contributed by atoms with Gasteiger partial charge in [-0.1, -0.05) is 72.4 Å². The monoisotopic (exact) mass is 331 g/mol. The third kappa shape index (κ3) is 4.11. The van der Waals surface area contributed by atoms with Crippen molar-refractivity contribution in [2.24, 2.45) is 0 Å². The molecular weight excluding hydrogens is 317 g/mol. The molecule has 108 valence electrons. The van der Waals surface area contributed by atoms with Gasteiger partial charge in [-0.25, -0.2) is 0 Å². The Labute approximate surface area is 133 Å². The number of halogens is 3. The van der Waals surface area contributed by atoms with Crippen LogP contribution in [0.3, 0.4) is 0 Å². The lowest BCUT2D eigenvalue weighted by atomic mass is 9.93. The molecule has 0 aliphatic rings. The van der Waals surface area contributed by atoms with Crippen LogP contribution in [0.5, 0.6) is 0 Å². The maximum absolute atomic E-state index is 5.88. The Bertz CT molecular complexity index is 518. The minimum atomic E-state index is -1.37. The van der Waals surface area contributed by atoms with Gasteiger partial charge in [0, 0.05) is 18.0 Å². The second kappa shape index (κ2) is 6.79. The number of rotatable bonds is 5. The third-order valence-electron chi connectivity index (χ3n) is 3.24. The highest BCUT2D eigenvalue weighted by Crippen LogP contribution is 2.38. The molecular formula is C14H16Cl3N3. The Kier molecular flexibility index (Phi) is 5.30. The summed E-state index contributed by atoms with van der Waals surface area (Å²) in [7, 11) is 0. The van der Waals surface area contributed by atoms with Crippen molar-refractivity contribution in [2.75, 3.05) is 0 Å². The van der Waals surface area contributed by atoms with Crippen molar-refractivity contribution in [2.45, 2.75) is 36.0 Å². The van der Waals surface area contributed by atoms with E-state index in [1.807, 2.05) is 28.8 Å². The molecule has 0 amide bonds. The van der Waals surface area contributed by atoms with Crippen LogP contribution >= 0.6 is 34.8 Å². The zero-order chi connectivity index (χ0) is 14.6. The smallest absolute Gasteiger partial charge is 0.216 e. The highest BCUT2D eigenvalue weighted by molar-refractivity contribution is 6.66. The Balaban J connectivity index is 2.17. The fourth-order valence-corrected chi connectivity index (χ4v) is 2.60. The number of hydrogen-bond acceptors (Lipinski definition) is 2. The molecule has 0 radical (unpaired) electrons. The highest BCUT2D eigenvalue weighted by atomic mass is 35.6. The summed E-state index contributed by atoms with van der Waals surface area (Å²) in [6.07, 6.45) is 5.67. The molecule has 1 unspecified atom stereocenters. The van der Waals surface area contributed by atoms with Crippen molar-refractivity contribution in [3.05, 3.63) is 48.0 Å². The second-order valence-corrected chi connectivity index (χ2v) is 7.05. The molecule has 1 heterocycles. The topological polar surface area (TPSA) is 30.7 Å². The lowest BCUT2D eigenvalue weighted by molar-refractivity contribution is 0.518. The molecule has 0 aliphatic carbocycles. The largest absolute Gasteiger partial charge is 0.320 e. The summed E-state index contributed by atoms with van der Waals surface area (Å²) in [5, 5.41) is 7.67. The normalized spacial score (nSPS) is 13.4. The van der Waals surface area contributed by atoms with E-state index in [-0.39, 0.29) is 0 Å². The summed E-state index contributed by atoms with van der Waals surface area (Å²) in [6, 6.07) is 7.80. The van der Waals surface area contributed by atoms with E-state index in [1.165, 1.54) is 5.56 Å². The van der Waals surface area contributed by atoms with Crippen LogP contribution in [0.4, 0.5) is 0 Å². The van der Waals surface area contributed by atoms with Gasteiger partial charge in [0.2, 0.25) is 3.79 Å². The van der Waals surface area contributed by atoms with E-state index in [0.717, 1.165) is 19.4 Å². The lowest BCUT2D eigenvalue weighted by Gasteiger charge is -2.18. The van der Waals surface area contributed by atoms with Gasteiger partial charge in [0.1, 0.15) is 12.7 Å². The van der Waals surface area contributed by atoms with Crippen LogP contribution < -0.4 is 0 Å². The molecule has 0 aliphatic heterocycles. The van der Waals surface area contributed by atoms with E-state index >= 15 is 0 Å². The Hall–Kier alpha value is -0.770. The molecule has 1 aromatic heterocycles. The van der Waals surface area contributed by atoms with Gasteiger partial charge in [-0.15, -0.1) is 10.2 Å². The van der Waals surface area contributed by atoms with Gasteiger partial charge in [0.25, 0.3) is 0 Å². The quantitative estimate of drug-likeness (QED) is 0.744. The van der Waals surface area contributed by atoms with Crippen molar-refractivity contribution in [1.29, 1.82) is 0 Å². The van der Waals surface area contributed by atoms with Crippen molar-refractivity contribution < 1.29 is 0 Å². The number of alkyl halides is 3. The number of benzene rings is 1. The van der Waals surface area contributed by atoms with Gasteiger partial charge in [0.15, 0.2) is 0 Å². The first-order chi connectivity index (χ1) is 9.50. The molecule has 1 aromatic carbocycles. The zero-order valence-electron chi connectivity index (χ0n) is 11.1. The molecule has 1 atom stereocenters. The molecule has 0 saturated carbocycles. The predicted octanol–water partition coefficient (Wildman–Crippen LogP) is 4.69. The number of aromatic nitrogens is 3. The van der Waals surface area contributed by atoms with Crippen LogP contribution in [-0.2, 0) is 10.3 Å². The van der Waals surface area contributed by atoms with E-state index in [0.29, 0.717) is 11.5 Å². The first-order valence-corrected chi connectivity index (χ1v) is 7.63. The number of hydrogen-bond donors (Lipinski definition) is 0. The molecule has 0 N–H and O–H groups in total. The SMILES string of the molecule is CCCC(Cn1cnnc1)c1ccc(C(Cl)(Cl)Cl)cc1. The molecule has 0 spiro atoms. The maximum Gasteiger partial charge on any atom is 0.216 e. The highest BCUT2D eigenvalue weighted by Gasteiger charge is 2.22. The minimum absolute atomic E-state index is 0.403. The summed E-state index contributed by atoms with van der Waals surface area (Å²) in [6.45, 7) is 3.03. The molecule has 20 heavy (non-hydrogen) atoms. The molecule has 3 nitrogen and oxygen atoms in total. The van der Waals surface area contributed by atoms with E-state index in [1.54, 1.807) is 12.7 Å². The lowest BCUT2D eigenvalue weighted by Crippen LogP contribution is -2.09. The summed E-state index contributed by atoms with van der Waals surface area (Å²) >= 11 is 17.6. The average Bonchev–Trinajstić information content (AvgIpc) is 2.90. The van der Waals surface area contributed by atoms with Crippen LogP contribution in [0.2, 0.25) is 0 Å². The van der Waals surface area contributed by atoms with Crippen LogP contribution in [0.25, 0.3) is 0 Å². The van der Waals surface area contributed by atoms with E-state index in [4.69, 9.17) is 34.8 Å². The van der Waals surface area contributed by atoms with Gasteiger partial charge in [-0.2, -0.15) is 0 Å². The summed E-state index contributed by atoms with van der Waals surface area (Å²) in [5.74, 6) is 0.403. The molecule has 2 rings (SSSR count). The first-order valence-electron chi connectivity index (χ1n) is 6.50. The van der Waals surface area contributed by atoms with Gasteiger partial charge >= 0.3 is 0 Å². The Morgan fingerprint density at radius 3 is 2.20 bits per heavy atom. The summed E-state index contributed by atoms with van der Waals surface area (Å²) in [5.41, 5.74) is 1.92. The fourth-order valence-electron chi connectivity index (χ4n) is 2.23. The van der Waals surface area contributed by atoms with Crippen LogP contribution in [0.15, 0.2) is 36.9 Å². The molecule has 6 heteroatoms. The maximum atomic E-state index is 5.88. The van der Waals surface area contributed by atoms with Crippen molar-refractivity contribution in [1.82, 2.24) is 14.8 Å². The van der Waals surface area contributed by atoms with Crippen LogP contribution in [0, 0.1) is 0 Å². The van der Waals surface area contributed by atoms with Crippen molar-refractivity contribution in [3.8, 4) is 0 Å². The second-order valence-electron chi connectivity index (χ2n) is 4.76. The molecule has 0 bridgehead atoms. The van der Waals surface area contributed by atoms with Crippen molar-refractivity contribution >= 4 is 34.8 Å². The predicted molar refractivity (Wildman–Crippen MR) is 83.4 cm³/mol. The van der Waals surface area contributed by atoms with Crippen LogP contribution in [0.1, 0.15) is 36.8 Å². The van der Waals surface area contributed by atoms with Crippen molar-refractivity contribution in [3.63, 3.8) is 0 Å². The first kappa shape index (κ1) is 15.6. The Morgan fingerprint density at radius 2 is 1.70 bits per heavy atom. The fraction of sp³-hybridized carbons (Fsp3) is 0.429. The van der Waals surface area contributed by atoms with E-state index in [9.17, 15) is 0 Å². The molecule has 0 saturated heterocycles. The Morgan fingerprint density at radius 1 is 1.10 bits per heavy atom. The average molecular weight is 333 g/mol. The molecule has 2 aromatic rings. The summed E-state index contributed by atoms with van der Waals surface area (Å²) < 4.78 is 0.621. The van der Waals surface area contributed by atoms with Gasteiger partial charge in [-0.05, 0) is 12.0 Å². The minimum Gasteiger partial charge on any atom is -0.320 e. The van der Waals surface area contributed by atoms with Crippen LogP contribution in [-0.4, -0.2) is 14.8 Å². The summed E-state index contributed by atoms with van der Waals surface area (Å²) in [4.78, 5) is 0. The standard InChI is InChI=1S/C14H16Cl3N3/c1-2-3-12(8-20-9-18-19-10-20)11-4-6-13(7-5-11)14(15,16)17/h4-7,9-10,12H,2-3,8H2,1H3. The third-order valence-corrected chi connectivity index (χ3v) is 3.90. The number of nitrogens with zero attached hydrogens (tertiary/aromatic N) is 3. The van der Waals surface area contributed by atoms with Gasteiger partial charge in [-0.3, -0.25) is 0 Å². The van der Waals surface area contributed by atoms with Gasteiger partial charge in [0.05, 0.1) is 0 Å². The van der Waals surface area contributed by atoms with Gasteiger partial charge < -0.3 is 4.57 Å². The van der Waals surface area contributed by atoms with E-state index < -0.39 is 3.79 Å². The molecule has 0 fully saturated rings.